The van der Waals surface area contributed by atoms with Gasteiger partial charge in [-0.15, -0.1) is 0 Å². The van der Waals surface area contributed by atoms with E-state index in [0.717, 1.165) is 6.61 Å². The molecule has 0 aliphatic carbocycles. The maximum absolute atomic E-state index is 4.78. The van der Waals surface area contributed by atoms with Crippen molar-refractivity contribution in [3.8, 4) is 0 Å². The van der Waals surface area contributed by atoms with Gasteiger partial charge in [-0.3, -0.25) is 0 Å². The van der Waals surface area contributed by atoms with Gasteiger partial charge in [-0.25, -0.2) is 0 Å². The molecular formula is C4H5O+. The lowest BCUT2D eigenvalue weighted by Gasteiger charge is -1.68. The van der Waals surface area contributed by atoms with Gasteiger partial charge in [0.1, 0.15) is 6.61 Å². The predicted octanol–water partition coefficient (Wildman–Crippen LogP) is 0.376. The third kappa shape index (κ3) is 0.440. The molecule has 0 saturated carbocycles. The Morgan fingerprint density at radius 2 is 2.80 bits per heavy atom. The first-order chi connectivity index (χ1) is 2.50. The van der Waals surface area contributed by atoms with Gasteiger partial charge in [0, 0.05) is 0 Å². The summed E-state index contributed by atoms with van der Waals surface area (Å²) < 4.78 is 4.78. The van der Waals surface area contributed by atoms with E-state index in [2.05, 4.69) is 6.08 Å². The summed E-state index contributed by atoms with van der Waals surface area (Å²) in [5.74, 6) is 0. The zero-order chi connectivity index (χ0) is 3.54. The molecule has 0 aromatic rings. The van der Waals surface area contributed by atoms with Gasteiger partial charge in [0.2, 0.25) is 0 Å². The Bertz CT molecular complexity index is 41.6. The van der Waals surface area contributed by atoms with E-state index in [1.54, 1.807) is 0 Å². The van der Waals surface area contributed by atoms with Crippen LogP contribution in [0.5, 0.6) is 0 Å². The molecule has 1 heteroatoms. The van der Waals surface area contributed by atoms with Crippen molar-refractivity contribution in [3.63, 3.8) is 0 Å². The van der Waals surface area contributed by atoms with Crippen LogP contribution in [0.3, 0.4) is 0 Å². The normalized spacial score (nSPS) is 19.2. The van der Waals surface area contributed by atoms with E-state index < -0.39 is 0 Å². The second-order valence-electron chi connectivity index (χ2n) is 0.923. The fraction of sp³-hybridized carbons (Fsp3) is 0.500. The zero-order valence-corrected chi connectivity index (χ0v) is 2.90. The Labute approximate surface area is 31.3 Å². The average molecular weight is 69.1 g/mol. The minimum atomic E-state index is 0.694. The number of rotatable bonds is 0. The van der Waals surface area contributed by atoms with Crippen LogP contribution < -0.4 is 0 Å². The molecule has 0 aromatic heterocycles. The summed E-state index contributed by atoms with van der Waals surface area (Å²) >= 11 is 0. The molecule has 0 fully saturated rings. The largest absolute Gasteiger partial charge is 0.323 e. The summed E-state index contributed by atoms with van der Waals surface area (Å²) in [7, 11) is 0. The van der Waals surface area contributed by atoms with Gasteiger partial charge in [0.15, 0.2) is 6.08 Å². The Balaban J connectivity index is 2.32. The van der Waals surface area contributed by atoms with E-state index in [9.17, 15) is 0 Å². The van der Waals surface area contributed by atoms with Crippen LogP contribution in [0.25, 0.3) is 0 Å². The van der Waals surface area contributed by atoms with Crippen LogP contribution in [0.2, 0.25) is 0 Å². The van der Waals surface area contributed by atoms with Crippen molar-refractivity contribution in [3.05, 3.63) is 12.2 Å². The predicted molar refractivity (Wildman–Crippen MR) is 18.6 cm³/mol. The summed E-state index contributed by atoms with van der Waals surface area (Å²) in [5.41, 5.74) is 0. The van der Waals surface area contributed by atoms with Crippen molar-refractivity contribution in [2.75, 3.05) is 13.2 Å². The van der Waals surface area contributed by atoms with Crippen LogP contribution in [0.15, 0.2) is 6.08 Å². The fourth-order valence-corrected chi connectivity index (χ4v) is 0.295. The van der Waals surface area contributed by atoms with E-state index in [4.69, 9.17) is 4.74 Å². The molecule has 0 aromatic carbocycles. The lowest BCUT2D eigenvalue weighted by Crippen LogP contribution is -1.77. The Kier molecular flexibility index (Phi) is 0.654. The van der Waals surface area contributed by atoms with Crippen molar-refractivity contribution < 1.29 is 4.74 Å². The van der Waals surface area contributed by atoms with Gasteiger partial charge in [-0.05, 0) is 0 Å². The maximum Gasteiger partial charge on any atom is 0.266 e. The van der Waals surface area contributed by atoms with Gasteiger partial charge in [0.25, 0.3) is 12.7 Å². The number of hydrogen-bond donors (Lipinski definition) is 0. The average Bonchev–Trinajstić information content (AvgIpc) is 1.76. The first kappa shape index (κ1) is 2.83. The molecule has 0 saturated heterocycles. The molecule has 1 heterocycles. The molecule has 0 radical (unpaired) electrons. The summed E-state index contributed by atoms with van der Waals surface area (Å²) in [6.45, 7) is 1.46. The molecule has 0 atom stereocenters. The van der Waals surface area contributed by atoms with Gasteiger partial charge in [-0.2, -0.15) is 0 Å². The lowest BCUT2D eigenvalue weighted by molar-refractivity contribution is 0.210. The monoisotopic (exact) mass is 69.0 g/mol. The van der Waals surface area contributed by atoms with Crippen LogP contribution >= 0.6 is 0 Å². The molecule has 0 spiro atoms. The Morgan fingerprint density at radius 1 is 1.80 bits per heavy atom. The van der Waals surface area contributed by atoms with E-state index in [1.165, 1.54) is 0 Å². The zero-order valence-electron chi connectivity index (χ0n) is 2.90. The molecule has 0 unspecified atom stereocenters. The van der Waals surface area contributed by atoms with Gasteiger partial charge < -0.3 is 4.74 Å². The quantitative estimate of drug-likeness (QED) is 0.373. The summed E-state index contributed by atoms with van der Waals surface area (Å²) in [6, 6.07) is 0. The molecule has 0 N–H and O–H groups in total. The Morgan fingerprint density at radius 3 is 3.00 bits per heavy atom. The Hall–Kier alpha value is -0.390. The van der Waals surface area contributed by atoms with Crippen molar-refractivity contribution in [2.24, 2.45) is 0 Å². The van der Waals surface area contributed by atoms with Crippen LogP contribution in [-0.4, -0.2) is 13.2 Å². The number of hydrogen-bond acceptors (Lipinski definition) is 1. The van der Waals surface area contributed by atoms with Crippen LogP contribution in [0.1, 0.15) is 0 Å². The highest BCUT2D eigenvalue weighted by Crippen LogP contribution is 1.84. The second-order valence-corrected chi connectivity index (χ2v) is 0.923. The molecule has 1 nitrogen and oxygen atoms in total. The molecular weight excluding hydrogens is 64.0 g/mol. The van der Waals surface area contributed by atoms with E-state index >= 15 is 0 Å². The second kappa shape index (κ2) is 1.16. The van der Waals surface area contributed by atoms with E-state index in [0.29, 0.717) is 6.61 Å². The first-order valence-electron chi connectivity index (χ1n) is 1.63. The third-order valence-corrected chi connectivity index (χ3v) is 0.531. The van der Waals surface area contributed by atoms with Crippen molar-refractivity contribution >= 4 is 0 Å². The highest BCUT2D eigenvalue weighted by molar-refractivity contribution is 4.77. The summed E-state index contributed by atoms with van der Waals surface area (Å²) in [5, 5.41) is 0. The topological polar surface area (TPSA) is 9.23 Å². The summed E-state index contributed by atoms with van der Waals surface area (Å²) in [6.07, 6.45) is 4.76. The minimum absolute atomic E-state index is 0.694. The molecule has 5 heavy (non-hydrogen) atoms. The minimum Gasteiger partial charge on any atom is -0.323 e. The fourth-order valence-electron chi connectivity index (χ4n) is 0.295. The highest BCUT2D eigenvalue weighted by Gasteiger charge is 2.00. The van der Waals surface area contributed by atoms with Gasteiger partial charge >= 0.3 is 0 Å². The van der Waals surface area contributed by atoms with E-state index in [1.807, 2.05) is 6.08 Å². The molecule has 1 aliphatic heterocycles. The maximum atomic E-state index is 4.78. The van der Waals surface area contributed by atoms with Crippen LogP contribution in [0.4, 0.5) is 0 Å². The standard InChI is InChI=1S/C4H5O/c1-2-4-5-3-1/h1H,3-4H2/q+1. The number of ether oxygens (including phenoxy) is 1. The van der Waals surface area contributed by atoms with Crippen molar-refractivity contribution in [2.45, 2.75) is 0 Å². The van der Waals surface area contributed by atoms with Gasteiger partial charge in [-0.1, -0.05) is 0 Å². The summed E-state index contributed by atoms with van der Waals surface area (Å²) in [4.78, 5) is 0. The molecule has 1 aliphatic rings. The van der Waals surface area contributed by atoms with Gasteiger partial charge in [0.05, 0.1) is 0 Å². The lowest BCUT2D eigenvalue weighted by atomic mass is 10.6. The van der Waals surface area contributed by atoms with Crippen molar-refractivity contribution in [1.29, 1.82) is 0 Å². The highest BCUT2D eigenvalue weighted by atomic mass is 16.5. The first-order valence-corrected chi connectivity index (χ1v) is 1.63. The van der Waals surface area contributed by atoms with Crippen molar-refractivity contribution in [1.82, 2.24) is 0 Å². The molecule has 1 rings (SSSR count). The third-order valence-electron chi connectivity index (χ3n) is 0.531. The van der Waals surface area contributed by atoms with Crippen LogP contribution in [-0.2, 0) is 4.74 Å². The van der Waals surface area contributed by atoms with Crippen LogP contribution in [0, 0.1) is 6.08 Å². The molecule has 0 bridgehead atoms. The SMILES string of the molecule is [C+]1=CCOC1. The molecule has 0 amide bonds. The smallest absolute Gasteiger partial charge is 0.266 e. The molecule has 26 valence electrons. The van der Waals surface area contributed by atoms with E-state index in [-0.39, 0.29) is 0 Å².